The number of anilines is 2. The van der Waals surface area contributed by atoms with Gasteiger partial charge in [0.1, 0.15) is 12.2 Å². The number of morpholine rings is 1. The molecule has 30 heavy (non-hydrogen) atoms. The first-order valence-corrected chi connectivity index (χ1v) is 11.1. The number of nitrogens with zero attached hydrogens (tertiary/aromatic N) is 7. The Labute approximate surface area is 175 Å². The summed E-state index contributed by atoms with van der Waals surface area (Å²) in [6.07, 6.45) is 6.59. The lowest BCUT2D eigenvalue weighted by Crippen LogP contribution is -2.40. The van der Waals surface area contributed by atoms with Crippen LogP contribution in [0.3, 0.4) is 0 Å². The lowest BCUT2D eigenvalue weighted by Gasteiger charge is -2.36. The zero-order valence-corrected chi connectivity index (χ0v) is 17.2. The van der Waals surface area contributed by atoms with E-state index in [9.17, 15) is 0 Å². The lowest BCUT2D eigenvalue weighted by atomic mass is 9.96. The molecule has 6 rings (SSSR count). The highest BCUT2D eigenvalue weighted by Gasteiger charge is 2.32. The highest BCUT2D eigenvalue weighted by Crippen LogP contribution is 2.39. The van der Waals surface area contributed by atoms with Crippen LogP contribution in [-0.4, -0.2) is 64.1 Å². The molecule has 1 aliphatic carbocycles. The molecule has 156 valence electrons. The Morgan fingerprint density at radius 1 is 0.800 bits per heavy atom. The molecule has 3 aliphatic rings. The maximum Gasteiger partial charge on any atom is 0.172 e. The van der Waals surface area contributed by atoms with E-state index in [0.29, 0.717) is 12.0 Å². The van der Waals surface area contributed by atoms with Crippen LogP contribution in [-0.2, 0) is 4.74 Å². The van der Waals surface area contributed by atoms with E-state index in [1.54, 1.807) is 0 Å². The van der Waals surface area contributed by atoms with Crippen LogP contribution < -0.4 is 9.80 Å². The summed E-state index contributed by atoms with van der Waals surface area (Å²) in [5.74, 6) is 3.66. The fourth-order valence-corrected chi connectivity index (χ4v) is 4.71. The molecule has 8 heteroatoms. The van der Waals surface area contributed by atoms with E-state index < -0.39 is 0 Å². The summed E-state index contributed by atoms with van der Waals surface area (Å²) in [6, 6.07) is 8.80. The second-order valence-corrected chi connectivity index (χ2v) is 8.55. The van der Waals surface area contributed by atoms with Crippen molar-refractivity contribution in [2.75, 3.05) is 49.2 Å². The van der Waals surface area contributed by atoms with Gasteiger partial charge in [-0.25, -0.2) is 9.97 Å². The number of ether oxygens (including phenoxy) is 1. The minimum absolute atomic E-state index is 0.476. The maximum atomic E-state index is 5.57. The molecule has 2 aromatic heterocycles. The third kappa shape index (κ3) is 3.29. The van der Waals surface area contributed by atoms with E-state index in [4.69, 9.17) is 14.7 Å². The van der Waals surface area contributed by atoms with Crippen molar-refractivity contribution < 1.29 is 4.74 Å². The van der Waals surface area contributed by atoms with E-state index >= 15 is 0 Å². The smallest absolute Gasteiger partial charge is 0.172 e. The number of hydrogen-bond acceptors (Lipinski definition) is 7. The largest absolute Gasteiger partial charge is 0.378 e. The Bertz CT molecular complexity index is 1030. The fourth-order valence-electron chi connectivity index (χ4n) is 4.71. The molecule has 0 radical (unpaired) electrons. The van der Waals surface area contributed by atoms with Gasteiger partial charge in [-0.15, -0.1) is 10.2 Å². The molecule has 0 unspecified atom stereocenters. The predicted molar refractivity (Wildman–Crippen MR) is 115 cm³/mol. The summed E-state index contributed by atoms with van der Waals surface area (Å²) < 4.78 is 7.88. The number of hydrogen-bond donors (Lipinski definition) is 0. The SMILES string of the molecule is c1ccc2nc(N3CCC(c4nncn4C4CC4)CC3)c(N3CCOCC3)nc2c1. The second kappa shape index (κ2) is 7.50. The molecule has 0 bridgehead atoms. The van der Waals surface area contributed by atoms with Crippen molar-refractivity contribution in [3.05, 3.63) is 36.4 Å². The molecule has 3 fully saturated rings. The Kier molecular flexibility index (Phi) is 4.52. The summed E-state index contributed by atoms with van der Waals surface area (Å²) in [6.45, 7) is 5.14. The molecule has 0 N–H and O–H groups in total. The standard InChI is InChI=1S/C22H27N7O/c1-2-4-19-18(3-1)24-21(22(25-19)28-11-13-30-14-12-28)27-9-7-16(8-10-27)20-26-23-15-29(20)17-5-6-17/h1-4,15-17H,5-14H2. The van der Waals surface area contributed by atoms with Crippen molar-refractivity contribution in [1.82, 2.24) is 24.7 Å². The zero-order chi connectivity index (χ0) is 19.9. The molecule has 8 nitrogen and oxygen atoms in total. The monoisotopic (exact) mass is 405 g/mol. The fraction of sp³-hybridized carbons (Fsp3) is 0.545. The van der Waals surface area contributed by atoms with E-state index in [0.717, 1.165) is 74.9 Å². The molecular weight excluding hydrogens is 378 g/mol. The van der Waals surface area contributed by atoms with E-state index in [2.05, 4.69) is 30.6 Å². The van der Waals surface area contributed by atoms with Gasteiger partial charge < -0.3 is 19.1 Å². The third-order valence-corrected chi connectivity index (χ3v) is 6.55. The molecule has 2 aliphatic heterocycles. The van der Waals surface area contributed by atoms with Crippen LogP contribution >= 0.6 is 0 Å². The van der Waals surface area contributed by atoms with Crippen LogP contribution in [0.4, 0.5) is 11.6 Å². The molecule has 0 spiro atoms. The van der Waals surface area contributed by atoms with Gasteiger partial charge in [0.2, 0.25) is 0 Å². The van der Waals surface area contributed by atoms with Crippen LogP contribution in [0.5, 0.6) is 0 Å². The summed E-state index contributed by atoms with van der Waals surface area (Å²) in [4.78, 5) is 14.8. The molecule has 3 aromatic rings. The van der Waals surface area contributed by atoms with Crippen LogP contribution in [0, 0.1) is 0 Å². The number of piperidine rings is 1. The molecule has 0 amide bonds. The van der Waals surface area contributed by atoms with Crippen LogP contribution in [0.2, 0.25) is 0 Å². The summed E-state index contributed by atoms with van der Waals surface area (Å²) in [5.41, 5.74) is 1.91. The first kappa shape index (κ1) is 18.1. The lowest BCUT2D eigenvalue weighted by molar-refractivity contribution is 0.122. The Morgan fingerprint density at radius 3 is 2.07 bits per heavy atom. The molecule has 2 saturated heterocycles. The normalized spacial score (nSPS) is 20.8. The van der Waals surface area contributed by atoms with Gasteiger partial charge >= 0.3 is 0 Å². The van der Waals surface area contributed by atoms with Crippen molar-refractivity contribution in [2.45, 2.75) is 37.6 Å². The van der Waals surface area contributed by atoms with E-state index in [1.807, 2.05) is 24.5 Å². The minimum Gasteiger partial charge on any atom is -0.378 e. The topological polar surface area (TPSA) is 72.2 Å². The minimum atomic E-state index is 0.476. The zero-order valence-electron chi connectivity index (χ0n) is 17.2. The van der Waals surface area contributed by atoms with Crippen LogP contribution in [0.15, 0.2) is 30.6 Å². The van der Waals surface area contributed by atoms with Gasteiger partial charge in [-0.2, -0.15) is 0 Å². The van der Waals surface area contributed by atoms with Crippen molar-refractivity contribution in [2.24, 2.45) is 0 Å². The highest BCUT2D eigenvalue weighted by molar-refractivity contribution is 5.81. The van der Waals surface area contributed by atoms with Gasteiger partial charge in [0.05, 0.1) is 24.2 Å². The first-order valence-electron chi connectivity index (χ1n) is 11.1. The summed E-state index contributed by atoms with van der Waals surface area (Å²) in [5, 5.41) is 8.68. The second-order valence-electron chi connectivity index (χ2n) is 8.55. The number of fused-ring (bicyclic) bond motifs is 1. The molecule has 1 saturated carbocycles. The van der Waals surface area contributed by atoms with Crippen molar-refractivity contribution >= 4 is 22.7 Å². The Hall–Kier alpha value is -2.74. The average molecular weight is 406 g/mol. The van der Waals surface area contributed by atoms with Crippen LogP contribution in [0.1, 0.15) is 43.5 Å². The summed E-state index contributed by atoms with van der Waals surface area (Å²) >= 11 is 0. The molecule has 1 aromatic carbocycles. The Balaban J connectivity index is 1.28. The van der Waals surface area contributed by atoms with Gasteiger partial charge in [-0.05, 0) is 37.8 Å². The predicted octanol–water partition coefficient (Wildman–Crippen LogP) is 2.78. The van der Waals surface area contributed by atoms with E-state index in [1.165, 1.54) is 18.7 Å². The third-order valence-electron chi connectivity index (χ3n) is 6.55. The van der Waals surface area contributed by atoms with E-state index in [-0.39, 0.29) is 0 Å². The quantitative estimate of drug-likeness (QED) is 0.661. The highest BCUT2D eigenvalue weighted by atomic mass is 16.5. The number of para-hydroxylation sites is 2. The average Bonchev–Trinajstić information content (AvgIpc) is 3.55. The maximum absolute atomic E-state index is 5.57. The van der Waals surface area contributed by atoms with Crippen molar-refractivity contribution in [3.63, 3.8) is 0 Å². The number of rotatable bonds is 4. The number of benzene rings is 1. The van der Waals surface area contributed by atoms with Crippen molar-refractivity contribution in [1.29, 1.82) is 0 Å². The number of aromatic nitrogens is 5. The van der Waals surface area contributed by atoms with Crippen LogP contribution in [0.25, 0.3) is 11.0 Å². The molecule has 4 heterocycles. The van der Waals surface area contributed by atoms with Gasteiger partial charge in [-0.1, -0.05) is 12.1 Å². The van der Waals surface area contributed by atoms with Gasteiger partial charge in [0.15, 0.2) is 11.6 Å². The summed E-state index contributed by atoms with van der Waals surface area (Å²) in [7, 11) is 0. The van der Waals surface area contributed by atoms with Gasteiger partial charge in [0.25, 0.3) is 0 Å². The van der Waals surface area contributed by atoms with Crippen molar-refractivity contribution in [3.8, 4) is 0 Å². The van der Waals surface area contributed by atoms with Gasteiger partial charge in [0, 0.05) is 38.1 Å². The Morgan fingerprint density at radius 2 is 1.43 bits per heavy atom. The van der Waals surface area contributed by atoms with Gasteiger partial charge in [-0.3, -0.25) is 0 Å². The molecule has 0 atom stereocenters. The first-order chi connectivity index (χ1) is 14.9. The molecular formula is C22H27N7O.